The number of aromatic carboxylic acids is 1. The summed E-state index contributed by atoms with van der Waals surface area (Å²) in [7, 11) is 1.57. The lowest BCUT2D eigenvalue weighted by atomic mass is 9.98. The summed E-state index contributed by atoms with van der Waals surface area (Å²) >= 11 is 1.36. The second-order valence-electron chi connectivity index (χ2n) is 9.13. The summed E-state index contributed by atoms with van der Waals surface area (Å²) in [6, 6.07) is 20.3. The third kappa shape index (κ3) is 4.27. The Morgan fingerprint density at radius 2 is 1.59 bits per heavy atom. The summed E-state index contributed by atoms with van der Waals surface area (Å²) in [6.45, 7) is 5.94. The molecule has 3 heterocycles. The average Bonchev–Trinajstić information content (AvgIpc) is 3.41. The molecule has 0 aliphatic rings. The molecule has 5 aromatic rings. The van der Waals surface area contributed by atoms with E-state index in [1.165, 1.54) is 16.0 Å². The van der Waals surface area contributed by atoms with Crippen molar-refractivity contribution in [3.05, 3.63) is 115 Å². The number of hydrogen-bond acceptors (Lipinski definition) is 5. The third-order valence-corrected chi connectivity index (χ3v) is 8.10. The predicted molar refractivity (Wildman–Crippen MR) is 146 cm³/mol. The highest BCUT2D eigenvalue weighted by atomic mass is 32.1. The Hall–Kier alpha value is -4.04. The lowest BCUT2D eigenvalue weighted by molar-refractivity contribution is 0.0698. The van der Waals surface area contributed by atoms with E-state index in [0.717, 1.165) is 33.8 Å². The fourth-order valence-corrected chi connectivity index (χ4v) is 6.36. The van der Waals surface area contributed by atoms with Crippen LogP contribution in [0.15, 0.2) is 65.5 Å². The molecule has 0 saturated heterocycles. The number of nitrogens with zero attached hydrogens (tertiary/aromatic N) is 4. The number of rotatable bonds is 7. The average molecular weight is 513 g/mol. The summed E-state index contributed by atoms with van der Waals surface area (Å²) in [6.07, 6.45) is 0.983. The molecule has 3 aromatic heterocycles. The lowest BCUT2D eigenvalue weighted by Crippen LogP contribution is -2.22. The maximum absolute atomic E-state index is 13.0. The van der Waals surface area contributed by atoms with Gasteiger partial charge in [0.15, 0.2) is 0 Å². The first kappa shape index (κ1) is 24.6. The molecule has 0 aliphatic carbocycles. The van der Waals surface area contributed by atoms with Gasteiger partial charge in [0.2, 0.25) is 0 Å². The molecular formula is C29H28N4O3S. The fraction of sp³-hybridized carbons (Fsp3) is 0.241. The van der Waals surface area contributed by atoms with Crippen LogP contribution >= 0.6 is 11.3 Å². The van der Waals surface area contributed by atoms with Crippen molar-refractivity contribution in [3.8, 4) is 0 Å². The quantitative estimate of drug-likeness (QED) is 0.320. The molecule has 37 heavy (non-hydrogen) atoms. The summed E-state index contributed by atoms with van der Waals surface area (Å²) in [5, 5.41) is 19.7. The normalized spacial score (nSPS) is 11.5. The SMILES string of the molecule is CCc1nn(C)c(=O)c2c(C(=O)O)c(Cc3c(C)nn(C(c4ccccc4)c4ccccc4)c3C)sc12. The lowest BCUT2D eigenvalue weighted by Gasteiger charge is -2.21. The van der Waals surface area contributed by atoms with Gasteiger partial charge >= 0.3 is 5.97 Å². The van der Waals surface area contributed by atoms with Crippen LogP contribution < -0.4 is 5.56 Å². The molecule has 2 aromatic carbocycles. The van der Waals surface area contributed by atoms with Gasteiger partial charge in [-0.05, 0) is 31.4 Å². The first-order valence-electron chi connectivity index (χ1n) is 12.2. The van der Waals surface area contributed by atoms with Crippen LogP contribution in [0.3, 0.4) is 0 Å². The minimum Gasteiger partial charge on any atom is -0.478 e. The zero-order valence-corrected chi connectivity index (χ0v) is 22.0. The Morgan fingerprint density at radius 1 is 1.00 bits per heavy atom. The predicted octanol–water partition coefficient (Wildman–Crippen LogP) is 5.30. The van der Waals surface area contributed by atoms with Crippen molar-refractivity contribution < 1.29 is 9.90 Å². The monoisotopic (exact) mass is 512 g/mol. The van der Waals surface area contributed by atoms with Gasteiger partial charge in [0.05, 0.1) is 27.0 Å². The number of aromatic nitrogens is 4. The van der Waals surface area contributed by atoms with Crippen LogP contribution in [0.4, 0.5) is 0 Å². The van der Waals surface area contributed by atoms with E-state index in [2.05, 4.69) is 29.4 Å². The highest BCUT2D eigenvalue weighted by Crippen LogP contribution is 2.35. The molecule has 0 fully saturated rings. The Morgan fingerprint density at radius 3 is 2.14 bits per heavy atom. The van der Waals surface area contributed by atoms with E-state index in [0.29, 0.717) is 22.4 Å². The van der Waals surface area contributed by atoms with Crippen molar-refractivity contribution in [1.29, 1.82) is 0 Å². The van der Waals surface area contributed by atoms with Gasteiger partial charge in [-0.1, -0.05) is 67.6 Å². The minimum absolute atomic E-state index is 0.0759. The number of hydrogen-bond donors (Lipinski definition) is 1. The summed E-state index contributed by atoms with van der Waals surface area (Å²) in [5.74, 6) is -1.10. The first-order chi connectivity index (χ1) is 17.8. The highest BCUT2D eigenvalue weighted by molar-refractivity contribution is 7.19. The molecule has 5 rings (SSSR count). The van der Waals surface area contributed by atoms with Crippen molar-refractivity contribution in [3.63, 3.8) is 0 Å². The van der Waals surface area contributed by atoms with Crippen molar-refractivity contribution in [2.45, 2.75) is 39.7 Å². The van der Waals surface area contributed by atoms with Crippen LogP contribution in [0, 0.1) is 13.8 Å². The Balaban J connectivity index is 1.67. The zero-order chi connectivity index (χ0) is 26.3. The van der Waals surface area contributed by atoms with Crippen molar-refractivity contribution in [2.24, 2.45) is 7.05 Å². The molecule has 188 valence electrons. The minimum atomic E-state index is -1.10. The van der Waals surface area contributed by atoms with Crippen LogP contribution in [-0.4, -0.2) is 30.6 Å². The third-order valence-electron chi connectivity index (χ3n) is 6.86. The first-order valence-corrected chi connectivity index (χ1v) is 13.0. The Kier molecular flexibility index (Phi) is 6.52. The van der Waals surface area contributed by atoms with E-state index < -0.39 is 5.97 Å². The maximum atomic E-state index is 13.0. The van der Waals surface area contributed by atoms with E-state index in [1.807, 2.05) is 61.9 Å². The second-order valence-corrected chi connectivity index (χ2v) is 10.2. The Bertz CT molecular complexity index is 1630. The van der Waals surface area contributed by atoms with Gasteiger partial charge in [0, 0.05) is 29.6 Å². The maximum Gasteiger partial charge on any atom is 0.337 e. The van der Waals surface area contributed by atoms with E-state index in [1.54, 1.807) is 7.05 Å². The number of carbonyl (C=O) groups is 1. The van der Waals surface area contributed by atoms with Crippen LogP contribution in [0.1, 0.15) is 62.0 Å². The van der Waals surface area contributed by atoms with E-state index in [-0.39, 0.29) is 22.6 Å². The molecule has 0 bridgehead atoms. The van der Waals surface area contributed by atoms with Crippen LogP contribution in [0.2, 0.25) is 0 Å². The van der Waals surface area contributed by atoms with Gasteiger partial charge in [0.25, 0.3) is 5.56 Å². The summed E-state index contributed by atoms with van der Waals surface area (Å²) < 4.78 is 3.93. The van der Waals surface area contributed by atoms with Crippen LogP contribution in [0.5, 0.6) is 0 Å². The van der Waals surface area contributed by atoms with Gasteiger partial charge in [0.1, 0.15) is 6.04 Å². The Labute approximate surface area is 218 Å². The number of thiophene rings is 1. The molecule has 0 unspecified atom stereocenters. The molecule has 0 radical (unpaired) electrons. The summed E-state index contributed by atoms with van der Waals surface area (Å²) in [5.41, 5.74) is 5.41. The second kappa shape index (κ2) is 9.78. The van der Waals surface area contributed by atoms with Gasteiger partial charge in [-0.25, -0.2) is 9.48 Å². The molecule has 7 nitrogen and oxygen atoms in total. The van der Waals surface area contributed by atoms with Crippen LogP contribution in [-0.2, 0) is 19.9 Å². The molecule has 0 amide bonds. The molecule has 0 atom stereocenters. The molecule has 0 spiro atoms. The topological polar surface area (TPSA) is 90.0 Å². The van der Waals surface area contributed by atoms with E-state index >= 15 is 0 Å². The number of aryl methyl sites for hydroxylation is 3. The van der Waals surface area contributed by atoms with Gasteiger partial charge in [-0.3, -0.25) is 9.48 Å². The molecule has 8 heteroatoms. The molecule has 1 N–H and O–H groups in total. The van der Waals surface area contributed by atoms with E-state index in [9.17, 15) is 14.7 Å². The van der Waals surface area contributed by atoms with Gasteiger partial charge < -0.3 is 5.11 Å². The van der Waals surface area contributed by atoms with Crippen molar-refractivity contribution in [2.75, 3.05) is 0 Å². The largest absolute Gasteiger partial charge is 0.478 e. The van der Waals surface area contributed by atoms with Gasteiger partial charge in [-0.15, -0.1) is 11.3 Å². The standard InChI is InChI=1S/C29H28N4O3S/c1-5-22-27-25(28(34)32(4)31-22)24(29(35)36)23(37-27)16-21-17(2)30-33(18(21)3)26(19-12-8-6-9-13-19)20-14-10-7-11-15-20/h6-15,26H,5,16H2,1-4H3,(H,35,36). The van der Waals surface area contributed by atoms with Gasteiger partial charge in [-0.2, -0.15) is 10.2 Å². The number of benzene rings is 2. The zero-order valence-electron chi connectivity index (χ0n) is 21.2. The summed E-state index contributed by atoms with van der Waals surface area (Å²) in [4.78, 5) is 26.0. The van der Waals surface area contributed by atoms with Crippen LogP contribution in [0.25, 0.3) is 10.1 Å². The number of carboxylic acid groups (broad SMARTS) is 1. The van der Waals surface area contributed by atoms with Crippen molar-refractivity contribution in [1.82, 2.24) is 19.6 Å². The van der Waals surface area contributed by atoms with E-state index in [4.69, 9.17) is 5.10 Å². The molecular weight excluding hydrogens is 484 g/mol. The molecule has 0 aliphatic heterocycles. The number of carboxylic acids is 1. The fourth-order valence-electron chi connectivity index (χ4n) is 5.01. The van der Waals surface area contributed by atoms with Crippen molar-refractivity contribution >= 4 is 27.4 Å². The molecule has 0 saturated carbocycles. The highest BCUT2D eigenvalue weighted by Gasteiger charge is 2.27. The number of fused-ring (bicyclic) bond motifs is 1. The smallest absolute Gasteiger partial charge is 0.337 e.